The zero-order valence-electron chi connectivity index (χ0n) is 11.6. The zero-order valence-corrected chi connectivity index (χ0v) is 12.4. The summed E-state index contributed by atoms with van der Waals surface area (Å²) in [6, 6.07) is 2.26. The van der Waals surface area contributed by atoms with Gasteiger partial charge in [0.15, 0.2) is 0 Å². The molecule has 21 heavy (non-hydrogen) atoms. The van der Waals surface area contributed by atoms with Gasteiger partial charge >= 0.3 is 11.9 Å². The van der Waals surface area contributed by atoms with E-state index in [0.717, 1.165) is 13.2 Å². The molecule has 1 unspecified atom stereocenters. The van der Waals surface area contributed by atoms with E-state index < -0.39 is 28.0 Å². The van der Waals surface area contributed by atoms with Crippen LogP contribution in [0.25, 0.3) is 0 Å². The molecule has 1 aromatic carbocycles. The maximum Gasteiger partial charge on any atom is 0.335 e. The SMILES string of the molecule is COC(=O)C(C)NS(=O)(=O)c1cc(C(=O)O)ccc1OC. The van der Waals surface area contributed by atoms with Crippen molar-refractivity contribution in [3.63, 3.8) is 0 Å². The Morgan fingerprint density at radius 2 is 1.90 bits per heavy atom. The number of aromatic carboxylic acids is 1. The van der Waals surface area contributed by atoms with Gasteiger partial charge in [-0.05, 0) is 25.1 Å². The molecule has 116 valence electrons. The number of ether oxygens (including phenoxy) is 2. The first-order valence-electron chi connectivity index (χ1n) is 5.74. The summed E-state index contributed by atoms with van der Waals surface area (Å²) >= 11 is 0. The van der Waals surface area contributed by atoms with E-state index in [-0.39, 0.29) is 16.2 Å². The van der Waals surface area contributed by atoms with E-state index in [4.69, 9.17) is 9.84 Å². The lowest BCUT2D eigenvalue weighted by molar-refractivity contribution is -0.142. The largest absolute Gasteiger partial charge is 0.495 e. The molecule has 0 fully saturated rings. The normalized spacial score (nSPS) is 12.5. The molecule has 1 atom stereocenters. The van der Waals surface area contributed by atoms with Crippen molar-refractivity contribution < 1.29 is 32.6 Å². The highest BCUT2D eigenvalue weighted by molar-refractivity contribution is 7.89. The van der Waals surface area contributed by atoms with Crippen molar-refractivity contribution in [1.29, 1.82) is 0 Å². The highest BCUT2D eigenvalue weighted by atomic mass is 32.2. The molecule has 1 rings (SSSR count). The molecule has 0 radical (unpaired) electrons. The molecule has 0 aliphatic rings. The van der Waals surface area contributed by atoms with Crippen LogP contribution in [0.4, 0.5) is 0 Å². The van der Waals surface area contributed by atoms with E-state index >= 15 is 0 Å². The van der Waals surface area contributed by atoms with Crippen molar-refractivity contribution >= 4 is 22.0 Å². The topological polar surface area (TPSA) is 119 Å². The Bertz CT molecular complexity index is 654. The Morgan fingerprint density at radius 3 is 2.38 bits per heavy atom. The van der Waals surface area contributed by atoms with Gasteiger partial charge in [-0.3, -0.25) is 4.79 Å². The van der Waals surface area contributed by atoms with Gasteiger partial charge < -0.3 is 14.6 Å². The molecule has 8 nitrogen and oxygen atoms in total. The predicted molar refractivity (Wildman–Crippen MR) is 71.8 cm³/mol. The van der Waals surface area contributed by atoms with Gasteiger partial charge in [0, 0.05) is 0 Å². The maximum atomic E-state index is 12.2. The number of carboxylic acid groups (broad SMARTS) is 1. The van der Waals surface area contributed by atoms with E-state index in [9.17, 15) is 18.0 Å². The summed E-state index contributed by atoms with van der Waals surface area (Å²) < 4.78 is 35.9. The summed E-state index contributed by atoms with van der Waals surface area (Å²) in [7, 11) is -1.78. The van der Waals surface area contributed by atoms with Gasteiger partial charge in [0.25, 0.3) is 0 Å². The Balaban J connectivity index is 3.26. The van der Waals surface area contributed by atoms with Gasteiger partial charge in [-0.2, -0.15) is 4.72 Å². The minimum absolute atomic E-state index is 0.0374. The van der Waals surface area contributed by atoms with Crippen molar-refractivity contribution in [3.05, 3.63) is 23.8 Å². The van der Waals surface area contributed by atoms with Crippen LogP contribution in [0, 0.1) is 0 Å². The lowest BCUT2D eigenvalue weighted by atomic mass is 10.2. The van der Waals surface area contributed by atoms with Crippen molar-refractivity contribution in [1.82, 2.24) is 4.72 Å². The van der Waals surface area contributed by atoms with E-state index in [2.05, 4.69) is 9.46 Å². The Labute approximate surface area is 121 Å². The van der Waals surface area contributed by atoms with Gasteiger partial charge in [-0.15, -0.1) is 0 Å². The summed E-state index contributed by atoms with van der Waals surface area (Å²) in [6.07, 6.45) is 0. The Morgan fingerprint density at radius 1 is 1.29 bits per heavy atom. The molecule has 2 N–H and O–H groups in total. The van der Waals surface area contributed by atoms with Crippen molar-refractivity contribution in [2.24, 2.45) is 0 Å². The van der Waals surface area contributed by atoms with Crippen LogP contribution < -0.4 is 9.46 Å². The second kappa shape index (κ2) is 6.55. The Kier molecular flexibility index (Phi) is 5.28. The van der Waals surface area contributed by atoms with Gasteiger partial charge in [-0.1, -0.05) is 0 Å². The first-order valence-corrected chi connectivity index (χ1v) is 7.22. The molecule has 0 spiro atoms. The number of sulfonamides is 1. The summed E-state index contributed by atoms with van der Waals surface area (Å²) in [5, 5.41) is 8.92. The maximum absolute atomic E-state index is 12.2. The quantitative estimate of drug-likeness (QED) is 0.721. The number of carboxylic acids is 1. The number of esters is 1. The number of benzene rings is 1. The van der Waals surface area contributed by atoms with E-state index in [1.54, 1.807) is 0 Å². The molecule has 0 saturated carbocycles. The molecule has 0 aliphatic carbocycles. The second-order valence-electron chi connectivity index (χ2n) is 4.04. The summed E-state index contributed by atoms with van der Waals surface area (Å²) in [5.41, 5.74) is -0.220. The average Bonchev–Trinajstić information content (AvgIpc) is 2.44. The average molecular weight is 317 g/mol. The number of carbonyl (C=O) groups excluding carboxylic acids is 1. The Hall–Kier alpha value is -2.13. The van der Waals surface area contributed by atoms with Crippen LogP contribution in [0.5, 0.6) is 5.75 Å². The lowest BCUT2D eigenvalue weighted by Crippen LogP contribution is -2.39. The number of hydrogen-bond acceptors (Lipinski definition) is 6. The minimum atomic E-state index is -4.15. The summed E-state index contributed by atoms with van der Waals surface area (Å²) in [6.45, 7) is 1.30. The lowest BCUT2D eigenvalue weighted by Gasteiger charge is -2.14. The highest BCUT2D eigenvalue weighted by Gasteiger charge is 2.26. The number of carbonyl (C=O) groups is 2. The summed E-state index contributed by atoms with van der Waals surface area (Å²) in [4.78, 5) is 21.8. The molecule has 0 saturated heterocycles. The van der Waals surface area contributed by atoms with Crippen LogP contribution in [0.2, 0.25) is 0 Å². The molecule has 0 aliphatic heterocycles. The first kappa shape index (κ1) is 16.9. The highest BCUT2D eigenvalue weighted by Crippen LogP contribution is 2.25. The smallest absolute Gasteiger partial charge is 0.335 e. The number of rotatable bonds is 6. The van der Waals surface area contributed by atoms with Gasteiger partial charge in [0.1, 0.15) is 16.7 Å². The zero-order chi connectivity index (χ0) is 16.2. The van der Waals surface area contributed by atoms with Gasteiger partial charge in [0.05, 0.1) is 19.8 Å². The van der Waals surface area contributed by atoms with Gasteiger partial charge in [-0.25, -0.2) is 13.2 Å². The van der Waals surface area contributed by atoms with Crippen molar-refractivity contribution in [3.8, 4) is 5.75 Å². The number of nitrogens with one attached hydrogen (secondary N) is 1. The molecule has 0 bridgehead atoms. The predicted octanol–water partition coefficient (Wildman–Crippen LogP) is 0.233. The molecule has 1 aromatic rings. The number of hydrogen-bond donors (Lipinski definition) is 2. The van der Waals surface area contributed by atoms with Crippen LogP contribution in [0.15, 0.2) is 23.1 Å². The van der Waals surface area contributed by atoms with E-state index in [1.807, 2.05) is 0 Å². The van der Waals surface area contributed by atoms with Crippen molar-refractivity contribution in [2.75, 3.05) is 14.2 Å². The van der Waals surface area contributed by atoms with Crippen LogP contribution in [-0.2, 0) is 19.6 Å². The molecular formula is C12H15NO7S. The second-order valence-corrected chi connectivity index (χ2v) is 5.72. The van der Waals surface area contributed by atoms with E-state index in [1.165, 1.54) is 26.2 Å². The third-order valence-electron chi connectivity index (χ3n) is 2.59. The van der Waals surface area contributed by atoms with Crippen LogP contribution in [-0.4, -0.2) is 45.7 Å². The third kappa shape index (κ3) is 3.92. The fraction of sp³-hybridized carbons (Fsp3) is 0.333. The fourth-order valence-electron chi connectivity index (χ4n) is 1.54. The van der Waals surface area contributed by atoms with Crippen LogP contribution >= 0.6 is 0 Å². The van der Waals surface area contributed by atoms with Crippen LogP contribution in [0.3, 0.4) is 0 Å². The van der Waals surface area contributed by atoms with Gasteiger partial charge in [0.2, 0.25) is 10.0 Å². The molecule has 0 heterocycles. The summed E-state index contributed by atoms with van der Waals surface area (Å²) in [5.74, 6) is -2.09. The first-order chi connectivity index (χ1) is 9.72. The minimum Gasteiger partial charge on any atom is -0.495 e. The molecule has 9 heteroatoms. The standard InChI is InChI=1S/C12H15NO7S/c1-7(12(16)20-3)13-21(17,18)10-6-8(11(14)15)4-5-9(10)19-2/h4-7,13H,1-3H3,(H,14,15). The molecule has 0 aromatic heterocycles. The van der Waals surface area contributed by atoms with Crippen molar-refractivity contribution in [2.45, 2.75) is 17.9 Å². The molecular weight excluding hydrogens is 302 g/mol. The fourth-order valence-corrected chi connectivity index (χ4v) is 2.93. The number of methoxy groups -OCH3 is 2. The monoisotopic (exact) mass is 317 g/mol. The third-order valence-corrected chi connectivity index (χ3v) is 4.15. The van der Waals surface area contributed by atoms with Crippen LogP contribution in [0.1, 0.15) is 17.3 Å². The van der Waals surface area contributed by atoms with E-state index in [0.29, 0.717) is 0 Å². The molecule has 0 amide bonds.